The normalized spacial score (nSPS) is 25.9. The quantitative estimate of drug-likeness (QED) is 0.633. The molecule has 1 aliphatic heterocycles. The first-order valence-electron chi connectivity index (χ1n) is 4.41. The minimum atomic E-state index is 0.395. The maximum Gasteiger partial charge on any atom is 0.0448 e. The second-order valence-electron chi connectivity index (χ2n) is 3.31. The maximum atomic E-state index is 11.1. The molecular weight excluding hydrogens is 152 g/mol. The molecule has 1 aromatic rings. The molecule has 1 saturated heterocycles. The van der Waals surface area contributed by atoms with Crippen LogP contribution in [0.4, 0.5) is 0 Å². The van der Waals surface area contributed by atoms with Crippen LogP contribution in [0, 0.1) is 5.21 Å². The van der Waals surface area contributed by atoms with Crippen LogP contribution < -0.4 is 0 Å². The molecule has 1 aliphatic rings. The zero-order valence-corrected chi connectivity index (χ0v) is 7.02. The molecule has 0 bridgehead atoms. The summed E-state index contributed by atoms with van der Waals surface area (Å²) in [6.45, 7) is 1.35. The average molecular weight is 165 g/mol. The van der Waals surface area contributed by atoms with Crippen LogP contribution in [-0.2, 0) is 0 Å². The van der Waals surface area contributed by atoms with Gasteiger partial charge in [0.05, 0.1) is 0 Å². The molecule has 0 amide bonds. The second kappa shape index (κ2) is 3.29. The molecule has 2 rings (SSSR count). The Balaban J connectivity index is 2.04. The second-order valence-corrected chi connectivity index (χ2v) is 3.31. The van der Waals surface area contributed by atoms with Crippen LogP contribution in [0.2, 0.25) is 0 Å². The topological polar surface area (TPSA) is 31.2 Å². The Morgan fingerprint density at radius 3 is 2.67 bits per heavy atom. The smallest absolute Gasteiger partial charge is 0.0448 e. The van der Waals surface area contributed by atoms with Gasteiger partial charge in [0.1, 0.15) is 0 Å². The van der Waals surface area contributed by atoms with Gasteiger partial charge in [0, 0.05) is 25.0 Å². The van der Waals surface area contributed by atoms with Crippen LogP contribution >= 0.6 is 0 Å². The molecule has 1 atom stereocenters. The van der Waals surface area contributed by atoms with Crippen molar-refractivity contribution >= 4 is 0 Å². The van der Waals surface area contributed by atoms with Gasteiger partial charge in [-0.05, 0) is 31.5 Å². The fourth-order valence-corrected chi connectivity index (χ4v) is 1.76. The Morgan fingerprint density at radius 2 is 2.00 bits per heavy atom. The third-order valence-electron chi connectivity index (χ3n) is 2.41. The molecule has 2 heterocycles. The van der Waals surface area contributed by atoms with Gasteiger partial charge >= 0.3 is 0 Å². The molecule has 3 heteroatoms. The van der Waals surface area contributed by atoms with Gasteiger partial charge in [-0.15, -0.1) is 0 Å². The molecule has 0 aromatic carbocycles. The third-order valence-corrected chi connectivity index (χ3v) is 2.41. The predicted octanol–water partition coefficient (Wildman–Crippen LogP) is 1.62. The first-order valence-corrected chi connectivity index (χ1v) is 4.41. The highest BCUT2D eigenvalue weighted by Crippen LogP contribution is 2.20. The molecule has 12 heavy (non-hydrogen) atoms. The number of rotatable bonds is 1. The summed E-state index contributed by atoms with van der Waals surface area (Å²) in [6, 6.07) is 4.40. The fraction of sp³-hybridized carbons (Fsp3) is 0.556. The largest absolute Gasteiger partial charge is 0.785 e. The number of hydrogen-bond acceptors (Lipinski definition) is 2. The number of hydrogen-bond donors (Lipinski definition) is 0. The van der Waals surface area contributed by atoms with Crippen LogP contribution in [0.1, 0.15) is 18.9 Å². The van der Waals surface area contributed by atoms with Crippen molar-refractivity contribution in [2.75, 3.05) is 13.1 Å². The van der Waals surface area contributed by atoms with Gasteiger partial charge in [-0.2, -0.15) is 0 Å². The van der Waals surface area contributed by atoms with Gasteiger partial charge in [-0.3, -0.25) is 0 Å². The SMILES string of the molecule is [O-]N1CCCC(n2cccc2)C1. The lowest BCUT2D eigenvalue weighted by molar-refractivity contribution is 0.237. The number of nitrogens with zero attached hydrogens (tertiary/aromatic N) is 2. The lowest BCUT2D eigenvalue weighted by atomic mass is 10.1. The van der Waals surface area contributed by atoms with Crippen molar-refractivity contribution < 1.29 is 0 Å². The van der Waals surface area contributed by atoms with E-state index in [0.29, 0.717) is 19.1 Å². The van der Waals surface area contributed by atoms with E-state index >= 15 is 0 Å². The molecule has 1 fully saturated rings. The van der Waals surface area contributed by atoms with Crippen LogP contribution in [0.25, 0.3) is 0 Å². The fourth-order valence-electron chi connectivity index (χ4n) is 1.76. The summed E-state index contributed by atoms with van der Waals surface area (Å²) in [5.41, 5.74) is 0. The molecule has 1 unspecified atom stereocenters. The molecule has 66 valence electrons. The van der Waals surface area contributed by atoms with E-state index in [0.717, 1.165) is 17.9 Å². The first-order chi connectivity index (χ1) is 5.86. The van der Waals surface area contributed by atoms with Gasteiger partial charge in [0.25, 0.3) is 0 Å². The summed E-state index contributed by atoms with van der Waals surface area (Å²) in [5.74, 6) is 0. The molecule has 0 radical (unpaired) electrons. The molecule has 0 N–H and O–H groups in total. The molecule has 3 nitrogen and oxygen atoms in total. The number of aromatic nitrogens is 1. The molecule has 0 saturated carbocycles. The zero-order valence-electron chi connectivity index (χ0n) is 7.02. The Bertz CT molecular complexity index is 233. The number of piperidine rings is 1. The molecule has 0 aliphatic carbocycles. The third kappa shape index (κ3) is 1.52. The van der Waals surface area contributed by atoms with Crippen molar-refractivity contribution in [1.82, 2.24) is 9.63 Å². The zero-order chi connectivity index (χ0) is 8.39. The minimum absolute atomic E-state index is 0.395. The molecule has 0 spiro atoms. The maximum absolute atomic E-state index is 11.1. The predicted molar refractivity (Wildman–Crippen MR) is 47.6 cm³/mol. The van der Waals surface area contributed by atoms with E-state index in [2.05, 4.69) is 4.57 Å². The van der Waals surface area contributed by atoms with Crippen molar-refractivity contribution in [1.29, 1.82) is 0 Å². The summed E-state index contributed by atoms with van der Waals surface area (Å²) in [6.07, 6.45) is 6.22. The summed E-state index contributed by atoms with van der Waals surface area (Å²) in [4.78, 5) is 0. The van der Waals surface area contributed by atoms with Gasteiger partial charge in [-0.25, -0.2) is 0 Å². The molecule has 1 aromatic heterocycles. The van der Waals surface area contributed by atoms with Crippen molar-refractivity contribution in [3.8, 4) is 0 Å². The van der Waals surface area contributed by atoms with Crippen molar-refractivity contribution in [2.24, 2.45) is 0 Å². The van der Waals surface area contributed by atoms with Gasteiger partial charge in [0.15, 0.2) is 0 Å². The van der Waals surface area contributed by atoms with E-state index in [1.54, 1.807) is 0 Å². The Morgan fingerprint density at radius 1 is 1.25 bits per heavy atom. The Hall–Kier alpha value is -0.800. The van der Waals surface area contributed by atoms with E-state index in [1.807, 2.05) is 24.5 Å². The van der Waals surface area contributed by atoms with Crippen molar-refractivity contribution in [3.05, 3.63) is 29.7 Å². The van der Waals surface area contributed by atoms with E-state index < -0.39 is 0 Å². The highest BCUT2D eigenvalue weighted by atomic mass is 16.5. The Kier molecular flexibility index (Phi) is 2.15. The highest BCUT2D eigenvalue weighted by molar-refractivity contribution is 4.94. The lowest BCUT2D eigenvalue weighted by Gasteiger charge is -2.37. The van der Waals surface area contributed by atoms with Crippen LogP contribution in [0.5, 0.6) is 0 Å². The van der Waals surface area contributed by atoms with E-state index in [9.17, 15) is 5.21 Å². The van der Waals surface area contributed by atoms with E-state index in [-0.39, 0.29) is 0 Å². The van der Waals surface area contributed by atoms with Crippen molar-refractivity contribution in [3.63, 3.8) is 0 Å². The lowest BCUT2D eigenvalue weighted by Crippen LogP contribution is -2.31. The standard InChI is InChI=1S/C9H13N2O/c12-11-7-3-4-9(8-11)10-5-1-2-6-10/h1-2,5-6,9H,3-4,7-8H2/q-1. The van der Waals surface area contributed by atoms with Crippen LogP contribution in [-0.4, -0.2) is 22.7 Å². The average Bonchev–Trinajstić information content (AvgIpc) is 2.56. The van der Waals surface area contributed by atoms with Gasteiger partial charge in [0.2, 0.25) is 0 Å². The van der Waals surface area contributed by atoms with Gasteiger partial charge in [-0.1, -0.05) is 0 Å². The van der Waals surface area contributed by atoms with Crippen LogP contribution in [0.15, 0.2) is 24.5 Å². The minimum Gasteiger partial charge on any atom is -0.785 e. The van der Waals surface area contributed by atoms with Crippen LogP contribution in [0.3, 0.4) is 0 Å². The Labute approximate surface area is 72.2 Å². The van der Waals surface area contributed by atoms with E-state index in [4.69, 9.17) is 0 Å². The highest BCUT2D eigenvalue weighted by Gasteiger charge is 2.14. The molecular formula is C9H13N2O-. The summed E-state index contributed by atoms with van der Waals surface area (Å²) < 4.78 is 2.13. The van der Waals surface area contributed by atoms with Gasteiger partial charge < -0.3 is 14.8 Å². The summed E-state index contributed by atoms with van der Waals surface area (Å²) >= 11 is 0. The monoisotopic (exact) mass is 165 g/mol. The van der Waals surface area contributed by atoms with E-state index in [1.165, 1.54) is 0 Å². The van der Waals surface area contributed by atoms with Crippen molar-refractivity contribution in [2.45, 2.75) is 18.9 Å². The number of hydroxylamine groups is 2. The summed E-state index contributed by atoms with van der Waals surface area (Å²) in [5, 5.41) is 12.2. The summed E-state index contributed by atoms with van der Waals surface area (Å²) in [7, 11) is 0. The first kappa shape index (κ1) is 7.83.